The van der Waals surface area contributed by atoms with Crippen molar-refractivity contribution in [2.24, 2.45) is 5.41 Å². The van der Waals surface area contributed by atoms with Crippen molar-refractivity contribution < 1.29 is 8.42 Å². The Hall–Kier alpha value is -0.110. The lowest BCUT2D eigenvalue weighted by atomic mass is 10.0. The van der Waals surface area contributed by atoms with Crippen molar-refractivity contribution in [3.63, 3.8) is 0 Å². The van der Waals surface area contributed by atoms with Gasteiger partial charge in [0.25, 0.3) is 0 Å². The summed E-state index contributed by atoms with van der Waals surface area (Å²) in [5.74, 6) is 0. The van der Waals surface area contributed by atoms with Crippen molar-refractivity contribution in [1.29, 1.82) is 0 Å². The van der Waals surface area contributed by atoms with Crippen LogP contribution in [-0.4, -0.2) is 15.0 Å². The Labute approximate surface area is 136 Å². The van der Waals surface area contributed by atoms with Gasteiger partial charge in [0.2, 0.25) is 10.0 Å². The van der Waals surface area contributed by atoms with E-state index in [1.807, 2.05) is 0 Å². The van der Waals surface area contributed by atoms with E-state index in [0.717, 1.165) is 30.2 Å². The highest BCUT2D eigenvalue weighted by Crippen LogP contribution is 2.49. The van der Waals surface area contributed by atoms with Crippen molar-refractivity contribution >= 4 is 47.6 Å². The SMILES string of the molecule is CCCC1(CNS(=O)(=O)c2c(N)cc(Br)cc2Br)CC1. The van der Waals surface area contributed by atoms with Crippen molar-refractivity contribution in [2.75, 3.05) is 12.3 Å². The molecule has 0 bridgehead atoms. The molecule has 20 heavy (non-hydrogen) atoms. The van der Waals surface area contributed by atoms with Gasteiger partial charge in [0, 0.05) is 15.5 Å². The summed E-state index contributed by atoms with van der Waals surface area (Å²) in [6.45, 7) is 2.61. The normalized spacial score (nSPS) is 17.1. The first kappa shape index (κ1) is 16.3. The minimum atomic E-state index is -3.59. The molecule has 0 unspecified atom stereocenters. The minimum Gasteiger partial charge on any atom is -0.398 e. The molecule has 4 nitrogen and oxygen atoms in total. The second-order valence-corrected chi connectivity index (χ2v) is 8.85. The Morgan fingerprint density at radius 2 is 2.00 bits per heavy atom. The van der Waals surface area contributed by atoms with Gasteiger partial charge in [-0.3, -0.25) is 0 Å². The molecule has 0 radical (unpaired) electrons. The Kier molecular flexibility index (Phi) is 4.83. The van der Waals surface area contributed by atoms with Gasteiger partial charge in [-0.2, -0.15) is 0 Å². The molecule has 1 aromatic carbocycles. The van der Waals surface area contributed by atoms with Crippen LogP contribution in [0.3, 0.4) is 0 Å². The molecule has 0 amide bonds. The average molecular weight is 426 g/mol. The molecule has 1 aliphatic rings. The molecular formula is C13H18Br2N2O2S. The summed E-state index contributed by atoms with van der Waals surface area (Å²) < 4.78 is 28.8. The van der Waals surface area contributed by atoms with E-state index in [-0.39, 0.29) is 16.0 Å². The first-order valence-electron chi connectivity index (χ1n) is 6.54. The second-order valence-electron chi connectivity index (χ2n) is 5.38. The Bertz CT molecular complexity index is 590. The summed E-state index contributed by atoms with van der Waals surface area (Å²) in [7, 11) is -3.59. The van der Waals surface area contributed by atoms with E-state index in [4.69, 9.17) is 5.73 Å². The number of benzene rings is 1. The third-order valence-corrected chi connectivity index (χ3v) is 6.54. The van der Waals surface area contributed by atoms with Crippen LogP contribution >= 0.6 is 31.9 Å². The van der Waals surface area contributed by atoms with Crippen LogP contribution in [0, 0.1) is 5.41 Å². The lowest BCUT2D eigenvalue weighted by Crippen LogP contribution is -2.31. The van der Waals surface area contributed by atoms with Crippen LogP contribution in [-0.2, 0) is 10.0 Å². The average Bonchev–Trinajstić information content (AvgIpc) is 3.06. The van der Waals surface area contributed by atoms with Crippen LogP contribution in [0.25, 0.3) is 0 Å². The van der Waals surface area contributed by atoms with Gasteiger partial charge in [-0.25, -0.2) is 13.1 Å². The van der Waals surface area contributed by atoms with Gasteiger partial charge in [0.05, 0.1) is 5.69 Å². The molecule has 112 valence electrons. The number of halogens is 2. The molecule has 3 N–H and O–H groups in total. The summed E-state index contributed by atoms with van der Waals surface area (Å²) in [5.41, 5.74) is 6.24. The van der Waals surface area contributed by atoms with Gasteiger partial charge in [0.1, 0.15) is 4.90 Å². The highest BCUT2D eigenvalue weighted by atomic mass is 79.9. The minimum absolute atomic E-state index is 0.119. The highest BCUT2D eigenvalue weighted by molar-refractivity contribution is 9.11. The third-order valence-electron chi connectivity index (χ3n) is 3.68. The molecule has 0 aromatic heterocycles. The summed E-state index contributed by atoms with van der Waals surface area (Å²) in [6.07, 6.45) is 4.33. The van der Waals surface area contributed by atoms with Crippen LogP contribution in [0.5, 0.6) is 0 Å². The van der Waals surface area contributed by atoms with E-state index in [0.29, 0.717) is 11.0 Å². The molecule has 7 heteroatoms. The predicted molar refractivity (Wildman–Crippen MR) is 88.0 cm³/mol. The van der Waals surface area contributed by atoms with E-state index in [9.17, 15) is 8.42 Å². The number of nitrogens with one attached hydrogen (secondary N) is 1. The number of sulfonamides is 1. The number of hydrogen-bond donors (Lipinski definition) is 2. The van der Waals surface area contributed by atoms with E-state index < -0.39 is 10.0 Å². The number of anilines is 1. The number of nitrogens with two attached hydrogens (primary N) is 1. The quantitative estimate of drug-likeness (QED) is 0.683. The maximum absolute atomic E-state index is 12.4. The maximum atomic E-state index is 12.4. The van der Waals surface area contributed by atoms with E-state index >= 15 is 0 Å². The fraction of sp³-hybridized carbons (Fsp3) is 0.538. The first-order valence-corrected chi connectivity index (χ1v) is 9.61. The molecule has 2 rings (SSSR count). The zero-order valence-electron chi connectivity index (χ0n) is 11.2. The fourth-order valence-corrected chi connectivity index (χ4v) is 5.63. The molecule has 0 saturated heterocycles. The Morgan fingerprint density at radius 1 is 1.35 bits per heavy atom. The van der Waals surface area contributed by atoms with Crippen molar-refractivity contribution in [3.05, 3.63) is 21.1 Å². The summed E-state index contributed by atoms with van der Waals surface area (Å²) in [6, 6.07) is 3.28. The molecule has 0 heterocycles. The fourth-order valence-electron chi connectivity index (χ4n) is 2.41. The highest BCUT2D eigenvalue weighted by Gasteiger charge is 2.42. The largest absolute Gasteiger partial charge is 0.398 e. The van der Waals surface area contributed by atoms with Gasteiger partial charge >= 0.3 is 0 Å². The third kappa shape index (κ3) is 3.55. The zero-order valence-corrected chi connectivity index (χ0v) is 15.2. The summed E-state index contributed by atoms with van der Waals surface area (Å²) in [4.78, 5) is 0.119. The topological polar surface area (TPSA) is 72.2 Å². The van der Waals surface area contributed by atoms with Gasteiger partial charge < -0.3 is 5.73 Å². The molecule has 1 fully saturated rings. The smallest absolute Gasteiger partial charge is 0.243 e. The van der Waals surface area contributed by atoms with Crippen molar-refractivity contribution in [3.8, 4) is 0 Å². The molecule has 0 spiro atoms. The van der Waals surface area contributed by atoms with Crippen LogP contribution in [0.1, 0.15) is 32.6 Å². The number of hydrogen-bond acceptors (Lipinski definition) is 3. The van der Waals surface area contributed by atoms with Gasteiger partial charge in [-0.05, 0) is 52.7 Å². The van der Waals surface area contributed by atoms with Gasteiger partial charge in [-0.1, -0.05) is 29.3 Å². The molecule has 1 saturated carbocycles. The van der Waals surface area contributed by atoms with Crippen LogP contribution < -0.4 is 10.5 Å². The first-order chi connectivity index (χ1) is 9.30. The van der Waals surface area contributed by atoms with E-state index in [1.165, 1.54) is 0 Å². The molecule has 0 aliphatic heterocycles. The standard InChI is InChI=1S/C13H18Br2N2O2S/c1-2-3-13(4-5-13)8-17-20(18,19)12-10(15)6-9(14)7-11(12)16/h6-7,17H,2-5,8,16H2,1H3. The Balaban J connectivity index is 2.19. The number of nitrogen functional groups attached to an aromatic ring is 1. The van der Waals surface area contributed by atoms with E-state index in [2.05, 4.69) is 43.5 Å². The molecule has 1 aromatic rings. The van der Waals surface area contributed by atoms with Crippen molar-refractivity contribution in [2.45, 2.75) is 37.5 Å². The predicted octanol–water partition coefficient (Wildman–Crippen LogP) is 3.65. The molecule has 0 atom stereocenters. The maximum Gasteiger partial charge on any atom is 0.243 e. The summed E-state index contributed by atoms with van der Waals surface area (Å²) in [5, 5.41) is 0. The van der Waals surface area contributed by atoms with Crippen LogP contribution in [0.4, 0.5) is 5.69 Å². The van der Waals surface area contributed by atoms with Gasteiger partial charge in [-0.15, -0.1) is 0 Å². The Morgan fingerprint density at radius 3 is 2.50 bits per heavy atom. The lowest BCUT2D eigenvalue weighted by Gasteiger charge is -2.16. The van der Waals surface area contributed by atoms with Crippen LogP contribution in [0.2, 0.25) is 0 Å². The lowest BCUT2D eigenvalue weighted by molar-refractivity contribution is 0.449. The van der Waals surface area contributed by atoms with Gasteiger partial charge in [0.15, 0.2) is 0 Å². The summed E-state index contributed by atoms with van der Waals surface area (Å²) >= 11 is 6.56. The second kappa shape index (κ2) is 5.94. The number of rotatable bonds is 6. The molecule has 1 aliphatic carbocycles. The van der Waals surface area contributed by atoms with Crippen molar-refractivity contribution in [1.82, 2.24) is 4.72 Å². The zero-order chi connectivity index (χ0) is 15.0. The molecular weight excluding hydrogens is 408 g/mol. The monoisotopic (exact) mass is 424 g/mol. The van der Waals surface area contributed by atoms with E-state index in [1.54, 1.807) is 12.1 Å². The van der Waals surface area contributed by atoms with Crippen LogP contribution in [0.15, 0.2) is 26.0 Å².